The van der Waals surface area contributed by atoms with E-state index in [1.807, 2.05) is 26.0 Å². The summed E-state index contributed by atoms with van der Waals surface area (Å²) < 4.78 is 5.68. The molecular formula is C12H19NO. The van der Waals surface area contributed by atoms with Gasteiger partial charge in [0.1, 0.15) is 5.75 Å². The lowest BCUT2D eigenvalue weighted by atomic mass is 10.1. The van der Waals surface area contributed by atoms with Gasteiger partial charge in [-0.1, -0.05) is 13.8 Å². The van der Waals surface area contributed by atoms with Gasteiger partial charge in [-0.25, -0.2) is 0 Å². The highest BCUT2D eigenvalue weighted by molar-refractivity contribution is 5.55. The van der Waals surface area contributed by atoms with E-state index in [2.05, 4.69) is 13.8 Å². The molecule has 1 rings (SSSR count). The van der Waals surface area contributed by atoms with Gasteiger partial charge in [-0.05, 0) is 43.0 Å². The quantitative estimate of drug-likeness (QED) is 0.749. The van der Waals surface area contributed by atoms with E-state index in [0.717, 1.165) is 29.2 Å². The van der Waals surface area contributed by atoms with Crippen LogP contribution in [-0.2, 0) is 0 Å². The van der Waals surface area contributed by atoms with Crippen LogP contribution in [0.4, 0.5) is 5.69 Å². The van der Waals surface area contributed by atoms with Gasteiger partial charge < -0.3 is 10.5 Å². The first-order chi connectivity index (χ1) is 6.52. The van der Waals surface area contributed by atoms with E-state index in [1.54, 1.807) is 0 Å². The maximum Gasteiger partial charge on any atom is 0.122 e. The summed E-state index contributed by atoms with van der Waals surface area (Å²) in [5.41, 5.74) is 8.88. The van der Waals surface area contributed by atoms with E-state index in [-0.39, 0.29) is 0 Å². The Labute approximate surface area is 86.1 Å². The van der Waals surface area contributed by atoms with Crippen molar-refractivity contribution in [2.45, 2.75) is 27.7 Å². The number of hydrogen-bond acceptors (Lipinski definition) is 2. The summed E-state index contributed by atoms with van der Waals surface area (Å²) in [5.74, 6) is 1.50. The molecule has 14 heavy (non-hydrogen) atoms. The van der Waals surface area contributed by atoms with E-state index in [0.29, 0.717) is 5.92 Å². The van der Waals surface area contributed by atoms with Crippen molar-refractivity contribution >= 4 is 5.69 Å². The molecule has 0 unspecified atom stereocenters. The lowest BCUT2D eigenvalue weighted by Crippen LogP contribution is -2.06. The molecule has 2 nitrogen and oxygen atoms in total. The van der Waals surface area contributed by atoms with E-state index in [1.165, 1.54) is 0 Å². The second-order valence-corrected chi connectivity index (χ2v) is 4.11. The Morgan fingerprint density at radius 2 is 1.86 bits per heavy atom. The summed E-state index contributed by atoms with van der Waals surface area (Å²) in [6, 6.07) is 3.85. The SMILES string of the molecule is Cc1c(N)ccc(OCC(C)C)c1C. The zero-order chi connectivity index (χ0) is 10.7. The van der Waals surface area contributed by atoms with Gasteiger partial charge in [0.2, 0.25) is 0 Å². The minimum absolute atomic E-state index is 0.548. The van der Waals surface area contributed by atoms with Crippen molar-refractivity contribution in [1.82, 2.24) is 0 Å². The van der Waals surface area contributed by atoms with Crippen molar-refractivity contribution in [3.63, 3.8) is 0 Å². The number of benzene rings is 1. The molecule has 0 heterocycles. The molecule has 0 aliphatic carbocycles. The van der Waals surface area contributed by atoms with Gasteiger partial charge in [-0.3, -0.25) is 0 Å². The Balaban J connectivity index is 2.83. The molecular weight excluding hydrogens is 174 g/mol. The maximum atomic E-state index is 5.79. The van der Waals surface area contributed by atoms with Crippen LogP contribution >= 0.6 is 0 Å². The average Bonchev–Trinajstić information content (AvgIpc) is 2.13. The number of hydrogen-bond donors (Lipinski definition) is 1. The number of rotatable bonds is 3. The third-order valence-corrected chi connectivity index (χ3v) is 2.35. The zero-order valence-electron chi connectivity index (χ0n) is 9.42. The number of nitrogen functional groups attached to an aromatic ring is 1. The predicted octanol–water partition coefficient (Wildman–Crippen LogP) is 2.92. The van der Waals surface area contributed by atoms with Gasteiger partial charge in [0.05, 0.1) is 6.61 Å². The van der Waals surface area contributed by atoms with E-state index >= 15 is 0 Å². The average molecular weight is 193 g/mol. The molecule has 78 valence electrons. The largest absolute Gasteiger partial charge is 0.493 e. The molecule has 0 saturated heterocycles. The third-order valence-electron chi connectivity index (χ3n) is 2.35. The van der Waals surface area contributed by atoms with Crippen LogP contribution < -0.4 is 10.5 Å². The molecule has 0 atom stereocenters. The highest BCUT2D eigenvalue weighted by atomic mass is 16.5. The lowest BCUT2D eigenvalue weighted by molar-refractivity contribution is 0.269. The monoisotopic (exact) mass is 193 g/mol. The third kappa shape index (κ3) is 2.41. The minimum Gasteiger partial charge on any atom is -0.493 e. The number of ether oxygens (including phenoxy) is 1. The standard InChI is InChI=1S/C12H19NO/c1-8(2)7-14-12-6-5-11(13)9(3)10(12)4/h5-6,8H,7,13H2,1-4H3. The molecule has 0 amide bonds. The molecule has 0 radical (unpaired) electrons. The summed E-state index contributed by atoms with van der Waals surface area (Å²) in [4.78, 5) is 0. The molecule has 0 spiro atoms. The van der Waals surface area contributed by atoms with E-state index < -0.39 is 0 Å². The first-order valence-electron chi connectivity index (χ1n) is 5.01. The molecule has 1 aromatic carbocycles. The van der Waals surface area contributed by atoms with Gasteiger partial charge in [0.15, 0.2) is 0 Å². The number of nitrogens with two attached hydrogens (primary N) is 1. The molecule has 0 saturated carbocycles. The van der Waals surface area contributed by atoms with Crippen LogP contribution in [-0.4, -0.2) is 6.61 Å². The Bertz CT molecular complexity index is 318. The van der Waals surface area contributed by atoms with Crippen molar-refractivity contribution in [1.29, 1.82) is 0 Å². The van der Waals surface area contributed by atoms with E-state index in [4.69, 9.17) is 10.5 Å². The zero-order valence-corrected chi connectivity index (χ0v) is 9.42. The molecule has 0 fully saturated rings. The molecule has 0 aliphatic heterocycles. The van der Waals surface area contributed by atoms with Crippen LogP contribution in [0.3, 0.4) is 0 Å². The molecule has 0 aromatic heterocycles. The van der Waals surface area contributed by atoms with Gasteiger partial charge >= 0.3 is 0 Å². The summed E-state index contributed by atoms with van der Waals surface area (Å²) in [7, 11) is 0. The fraction of sp³-hybridized carbons (Fsp3) is 0.500. The first kappa shape index (κ1) is 10.9. The second kappa shape index (κ2) is 4.36. The van der Waals surface area contributed by atoms with Crippen molar-refractivity contribution in [2.24, 2.45) is 5.92 Å². The van der Waals surface area contributed by atoms with Crippen molar-refractivity contribution in [2.75, 3.05) is 12.3 Å². The van der Waals surface area contributed by atoms with Crippen LogP contribution in [0, 0.1) is 19.8 Å². The van der Waals surface area contributed by atoms with Gasteiger partial charge in [-0.2, -0.15) is 0 Å². The van der Waals surface area contributed by atoms with Crippen LogP contribution in [0.2, 0.25) is 0 Å². The van der Waals surface area contributed by atoms with Crippen molar-refractivity contribution in [3.05, 3.63) is 23.3 Å². The number of anilines is 1. The minimum atomic E-state index is 0.548. The summed E-state index contributed by atoms with van der Waals surface area (Å²) >= 11 is 0. The highest BCUT2D eigenvalue weighted by Gasteiger charge is 2.05. The van der Waals surface area contributed by atoms with Gasteiger partial charge in [0, 0.05) is 5.69 Å². The van der Waals surface area contributed by atoms with Gasteiger partial charge in [0.25, 0.3) is 0 Å². The van der Waals surface area contributed by atoms with Crippen LogP contribution in [0.25, 0.3) is 0 Å². The normalized spacial score (nSPS) is 10.6. The van der Waals surface area contributed by atoms with Crippen molar-refractivity contribution < 1.29 is 4.74 Å². The molecule has 0 bridgehead atoms. The van der Waals surface area contributed by atoms with Crippen LogP contribution in [0.5, 0.6) is 5.75 Å². The molecule has 1 aromatic rings. The Kier molecular flexibility index (Phi) is 3.39. The molecule has 0 aliphatic rings. The fourth-order valence-corrected chi connectivity index (χ4v) is 1.23. The van der Waals surface area contributed by atoms with Crippen LogP contribution in [0.15, 0.2) is 12.1 Å². The Hall–Kier alpha value is -1.18. The van der Waals surface area contributed by atoms with Crippen LogP contribution in [0.1, 0.15) is 25.0 Å². The second-order valence-electron chi connectivity index (χ2n) is 4.11. The smallest absolute Gasteiger partial charge is 0.122 e. The Morgan fingerprint density at radius 3 is 2.43 bits per heavy atom. The molecule has 2 N–H and O–H groups in total. The lowest BCUT2D eigenvalue weighted by Gasteiger charge is -2.13. The molecule has 2 heteroatoms. The maximum absolute atomic E-state index is 5.79. The van der Waals surface area contributed by atoms with E-state index in [9.17, 15) is 0 Å². The van der Waals surface area contributed by atoms with Gasteiger partial charge in [-0.15, -0.1) is 0 Å². The fourth-order valence-electron chi connectivity index (χ4n) is 1.23. The topological polar surface area (TPSA) is 35.2 Å². The highest BCUT2D eigenvalue weighted by Crippen LogP contribution is 2.25. The summed E-state index contributed by atoms with van der Waals surface area (Å²) in [6.07, 6.45) is 0. The van der Waals surface area contributed by atoms with Crippen molar-refractivity contribution in [3.8, 4) is 5.75 Å². The summed E-state index contributed by atoms with van der Waals surface area (Å²) in [6.45, 7) is 9.09. The summed E-state index contributed by atoms with van der Waals surface area (Å²) in [5, 5.41) is 0. The Morgan fingerprint density at radius 1 is 1.21 bits per heavy atom. The predicted molar refractivity (Wildman–Crippen MR) is 60.7 cm³/mol. The first-order valence-corrected chi connectivity index (χ1v) is 5.01.